The summed E-state index contributed by atoms with van der Waals surface area (Å²) in [6.07, 6.45) is 0. The van der Waals surface area contributed by atoms with Crippen LogP contribution in [0.5, 0.6) is 11.5 Å². The van der Waals surface area contributed by atoms with E-state index in [0.29, 0.717) is 11.5 Å². The lowest BCUT2D eigenvalue weighted by Crippen LogP contribution is -2.48. The third-order valence-corrected chi connectivity index (χ3v) is 6.68. The highest BCUT2D eigenvalue weighted by Gasteiger charge is 2.21. The zero-order valence-electron chi connectivity index (χ0n) is 21.1. The van der Waals surface area contributed by atoms with Crippen molar-refractivity contribution in [3.8, 4) is 11.5 Å². The van der Waals surface area contributed by atoms with Crippen LogP contribution in [0.1, 0.15) is 22.3 Å². The van der Waals surface area contributed by atoms with Crippen molar-refractivity contribution < 1.29 is 14.3 Å². The quantitative estimate of drug-likeness (QED) is 0.445. The summed E-state index contributed by atoms with van der Waals surface area (Å²) in [6, 6.07) is 22.1. The van der Waals surface area contributed by atoms with Crippen LogP contribution in [0.3, 0.4) is 0 Å². The van der Waals surface area contributed by atoms with Crippen LogP contribution in [-0.4, -0.2) is 60.6 Å². The van der Waals surface area contributed by atoms with Gasteiger partial charge in [0.15, 0.2) is 18.1 Å². The standard InChI is InChI=1S/C29H33N3O3S/c1-21-15-22(2)17-25(16-21)30-28(33)20-35-26-10-9-24(18-27(26)34-3)29(36)32-13-11-31(12-14-32)19-23-7-5-4-6-8-23/h4-10,15-18H,11-14,19-20H2,1-3H3,(H,30,33). The number of amides is 1. The summed E-state index contributed by atoms with van der Waals surface area (Å²) in [4.78, 5) is 17.9. The number of ether oxygens (including phenoxy) is 2. The molecule has 0 saturated carbocycles. The zero-order valence-corrected chi connectivity index (χ0v) is 21.9. The van der Waals surface area contributed by atoms with E-state index in [9.17, 15) is 4.79 Å². The van der Waals surface area contributed by atoms with Crippen LogP contribution in [-0.2, 0) is 11.3 Å². The van der Waals surface area contributed by atoms with Gasteiger partial charge < -0.3 is 19.7 Å². The SMILES string of the molecule is COc1cc(C(=S)N2CCN(Cc3ccccc3)CC2)ccc1OCC(=O)Nc1cc(C)cc(C)c1. The topological polar surface area (TPSA) is 54.0 Å². The molecule has 0 bridgehead atoms. The Labute approximate surface area is 218 Å². The summed E-state index contributed by atoms with van der Waals surface area (Å²) in [5.41, 5.74) is 5.19. The van der Waals surface area contributed by atoms with Gasteiger partial charge in [0.1, 0.15) is 4.99 Å². The minimum Gasteiger partial charge on any atom is -0.493 e. The van der Waals surface area contributed by atoms with Crippen LogP contribution < -0.4 is 14.8 Å². The molecular formula is C29H33N3O3S. The van der Waals surface area contributed by atoms with Crippen LogP contribution in [0.2, 0.25) is 0 Å². The van der Waals surface area contributed by atoms with Crippen molar-refractivity contribution in [1.29, 1.82) is 0 Å². The molecule has 1 heterocycles. The van der Waals surface area contributed by atoms with Crippen LogP contribution >= 0.6 is 12.2 Å². The molecule has 1 amide bonds. The monoisotopic (exact) mass is 503 g/mol. The van der Waals surface area contributed by atoms with Crippen molar-refractivity contribution in [2.24, 2.45) is 0 Å². The number of anilines is 1. The van der Waals surface area contributed by atoms with Gasteiger partial charge in [-0.15, -0.1) is 0 Å². The molecule has 1 aliphatic rings. The maximum Gasteiger partial charge on any atom is 0.262 e. The Kier molecular flexibility index (Phi) is 8.57. The van der Waals surface area contributed by atoms with E-state index in [1.165, 1.54) is 5.56 Å². The minimum atomic E-state index is -0.227. The van der Waals surface area contributed by atoms with Crippen LogP contribution in [0, 0.1) is 13.8 Å². The summed E-state index contributed by atoms with van der Waals surface area (Å²) in [7, 11) is 1.59. The summed E-state index contributed by atoms with van der Waals surface area (Å²) >= 11 is 5.81. The second kappa shape index (κ2) is 12.0. The summed E-state index contributed by atoms with van der Waals surface area (Å²) in [6.45, 7) is 8.53. The van der Waals surface area contributed by atoms with Gasteiger partial charge in [-0.25, -0.2) is 0 Å². The number of hydrogen-bond donors (Lipinski definition) is 1. The second-order valence-electron chi connectivity index (χ2n) is 9.13. The summed E-state index contributed by atoms with van der Waals surface area (Å²) in [5, 5.41) is 2.89. The lowest BCUT2D eigenvalue weighted by molar-refractivity contribution is -0.118. The van der Waals surface area contributed by atoms with E-state index in [-0.39, 0.29) is 12.5 Å². The van der Waals surface area contributed by atoms with E-state index < -0.39 is 0 Å². The van der Waals surface area contributed by atoms with Crippen molar-refractivity contribution in [1.82, 2.24) is 9.80 Å². The number of rotatable bonds is 8. The Morgan fingerprint density at radius 2 is 1.61 bits per heavy atom. The molecule has 3 aromatic rings. The molecule has 4 rings (SSSR count). The van der Waals surface area contributed by atoms with Crippen LogP contribution in [0.4, 0.5) is 5.69 Å². The van der Waals surface area contributed by atoms with Gasteiger partial charge >= 0.3 is 0 Å². The maximum absolute atomic E-state index is 12.4. The Morgan fingerprint density at radius 1 is 0.917 bits per heavy atom. The molecule has 7 heteroatoms. The number of carbonyl (C=O) groups is 1. The largest absolute Gasteiger partial charge is 0.493 e. The van der Waals surface area contributed by atoms with E-state index >= 15 is 0 Å². The van der Waals surface area contributed by atoms with Crippen molar-refractivity contribution in [3.05, 3.63) is 89.0 Å². The van der Waals surface area contributed by atoms with Crippen molar-refractivity contribution in [3.63, 3.8) is 0 Å². The van der Waals surface area contributed by atoms with Crippen molar-refractivity contribution in [2.45, 2.75) is 20.4 Å². The number of nitrogens with zero attached hydrogens (tertiary/aromatic N) is 2. The Morgan fingerprint density at radius 3 is 2.28 bits per heavy atom. The van der Waals surface area contributed by atoms with Crippen LogP contribution in [0.25, 0.3) is 0 Å². The molecule has 188 valence electrons. The molecule has 0 unspecified atom stereocenters. The molecule has 1 N–H and O–H groups in total. The Balaban J connectivity index is 1.31. The molecule has 0 radical (unpaired) electrons. The van der Waals surface area contributed by atoms with Crippen molar-refractivity contribution >= 4 is 28.8 Å². The predicted octanol–water partition coefficient (Wildman–Crippen LogP) is 4.82. The number of thiocarbonyl (C=S) groups is 1. The third-order valence-electron chi connectivity index (χ3n) is 6.18. The van der Waals surface area contributed by atoms with Crippen LogP contribution in [0.15, 0.2) is 66.7 Å². The predicted molar refractivity (Wildman–Crippen MR) is 148 cm³/mol. The average Bonchev–Trinajstić information content (AvgIpc) is 2.87. The Hall–Kier alpha value is -3.42. The van der Waals surface area contributed by atoms with Gasteiger partial charge in [0, 0.05) is 44.0 Å². The maximum atomic E-state index is 12.4. The Bertz CT molecular complexity index is 1190. The highest BCUT2D eigenvalue weighted by Crippen LogP contribution is 2.29. The van der Waals surface area contributed by atoms with E-state index in [1.54, 1.807) is 7.11 Å². The second-order valence-corrected chi connectivity index (χ2v) is 9.52. The van der Waals surface area contributed by atoms with Gasteiger partial charge in [-0.1, -0.05) is 48.6 Å². The van der Waals surface area contributed by atoms with Gasteiger partial charge in [0.25, 0.3) is 5.91 Å². The first-order valence-electron chi connectivity index (χ1n) is 12.2. The highest BCUT2D eigenvalue weighted by molar-refractivity contribution is 7.80. The molecule has 0 aliphatic carbocycles. The molecule has 1 fully saturated rings. The number of hydrogen-bond acceptors (Lipinski definition) is 5. The van der Waals surface area contributed by atoms with Gasteiger partial charge in [0.2, 0.25) is 0 Å². The number of piperazine rings is 1. The lowest BCUT2D eigenvalue weighted by atomic mass is 10.1. The first kappa shape index (κ1) is 25.7. The van der Waals surface area contributed by atoms with E-state index in [1.807, 2.05) is 50.2 Å². The molecule has 0 aromatic heterocycles. The average molecular weight is 504 g/mol. The fraction of sp³-hybridized carbons (Fsp3) is 0.310. The molecule has 1 saturated heterocycles. The highest BCUT2D eigenvalue weighted by atomic mass is 32.1. The number of benzene rings is 3. The van der Waals surface area contributed by atoms with Crippen molar-refractivity contribution in [2.75, 3.05) is 45.2 Å². The normalized spacial score (nSPS) is 13.8. The summed E-state index contributed by atoms with van der Waals surface area (Å²) in [5.74, 6) is 0.832. The van der Waals surface area contributed by atoms with E-state index in [0.717, 1.165) is 60.1 Å². The van der Waals surface area contributed by atoms with E-state index in [4.69, 9.17) is 21.7 Å². The smallest absolute Gasteiger partial charge is 0.262 e. The fourth-order valence-electron chi connectivity index (χ4n) is 4.44. The number of nitrogens with one attached hydrogen (secondary N) is 1. The lowest BCUT2D eigenvalue weighted by Gasteiger charge is -2.36. The molecule has 3 aromatic carbocycles. The molecule has 6 nitrogen and oxygen atoms in total. The number of carbonyl (C=O) groups excluding carboxylic acids is 1. The first-order valence-corrected chi connectivity index (χ1v) is 12.6. The minimum absolute atomic E-state index is 0.115. The molecule has 0 spiro atoms. The summed E-state index contributed by atoms with van der Waals surface area (Å²) < 4.78 is 11.3. The zero-order chi connectivity index (χ0) is 25.5. The van der Waals surface area contributed by atoms with Gasteiger partial charge in [-0.3, -0.25) is 9.69 Å². The van der Waals surface area contributed by atoms with E-state index in [2.05, 4.69) is 45.4 Å². The van der Waals surface area contributed by atoms with Gasteiger partial charge in [0.05, 0.1) is 7.11 Å². The molecule has 0 atom stereocenters. The molecule has 1 aliphatic heterocycles. The fourth-order valence-corrected chi connectivity index (χ4v) is 4.75. The number of methoxy groups -OCH3 is 1. The first-order chi connectivity index (χ1) is 17.4. The number of aryl methyl sites for hydroxylation is 2. The molecule has 36 heavy (non-hydrogen) atoms. The van der Waals surface area contributed by atoms with Gasteiger partial charge in [-0.2, -0.15) is 0 Å². The molecular weight excluding hydrogens is 470 g/mol. The van der Waals surface area contributed by atoms with Gasteiger partial charge in [-0.05, 0) is 60.9 Å². The third kappa shape index (κ3) is 6.83.